The fourth-order valence-electron chi connectivity index (χ4n) is 7.54. The van der Waals surface area contributed by atoms with Crippen molar-refractivity contribution in [2.75, 3.05) is 13.2 Å². The monoisotopic (exact) mass is 810 g/mol. The van der Waals surface area contributed by atoms with Crippen molar-refractivity contribution in [3.63, 3.8) is 0 Å². The molecule has 0 radical (unpaired) electrons. The fraction of sp³-hybridized carbons (Fsp3) is 0.896. The number of carbonyl (C=O) groups excluding carboxylic acids is 1. The van der Waals surface area contributed by atoms with Crippen LogP contribution in [0.1, 0.15) is 213 Å². The summed E-state index contributed by atoms with van der Waals surface area (Å²) in [6.07, 6.45) is 36.5. The lowest BCUT2D eigenvalue weighted by atomic mass is 9.99. The molecule has 0 saturated carbocycles. The first-order valence-corrected chi connectivity index (χ1v) is 24.0. The molecular weight excluding hydrogens is 719 g/mol. The first-order chi connectivity index (χ1) is 27.7. The highest BCUT2D eigenvalue weighted by atomic mass is 16.7. The van der Waals surface area contributed by atoms with Crippen molar-refractivity contribution in [2.45, 2.75) is 256 Å². The van der Waals surface area contributed by atoms with Gasteiger partial charge in [-0.3, -0.25) is 4.79 Å². The molecule has 6 N–H and O–H groups in total. The van der Waals surface area contributed by atoms with E-state index in [1.165, 1.54) is 148 Å². The molecule has 0 spiro atoms. The van der Waals surface area contributed by atoms with Crippen LogP contribution >= 0.6 is 0 Å². The second-order valence-electron chi connectivity index (χ2n) is 17.1. The third-order valence-corrected chi connectivity index (χ3v) is 11.8. The lowest BCUT2D eigenvalue weighted by Crippen LogP contribution is -2.60. The molecule has 1 aliphatic heterocycles. The van der Waals surface area contributed by atoms with Crippen LogP contribution < -0.4 is 5.32 Å². The molecule has 0 unspecified atom stereocenters. The van der Waals surface area contributed by atoms with E-state index in [9.17, 15) is 30.3 Å². The molecule has 9 heteroatoms. The summed E-state index contributed by atoms with van der Waals surface area (Å²) in [6, 6.07) is -0.803. The maximum absolute atomic E-state index is 13.0. The summed E-state index contributed by atoms with van der Waals surface area (Å²) < 4.78 is 11.2. The number of hydrogen-bond donors (Lipinski definition) is 6. The van der Waals surface area contributed by atoms with Gasteiger partial charge >= 0.3 is 0 Å². The molecule has 0 aromatic heterocycles. The maximum atomic E-state index is 13.0. The molecule has 1 saturated heterocycles. The molecule has 8 atom stereocenters. The number of aliphatic hydroxyl groups excluding tert-OH is 5. The predicted molar refractivity (Wildman–Crippen MR) is 235 cm³/mol. The van der Waals surface area contributed by atoms with Crippen LogP contribution in [0, 0.1) is 5.92 Å². The van der Waals surface area contributed by atoms with E-state index in [4.69, 9.17) is 9.47 Å². The number of hydrogen-bond acceptors (Lipinski definition) is 8. The molecular formula is C48H91NO8. The normalized spacial score (nSPS) is 21.7. The second-order valence-corrected chi connectivity index (χ2v) is 17.1. The SMILES string of the molecule is CCCCCCCC/C=C\CCCCCCCCCCCCCC(=O)N[C@@H](CO[C@@H]1O[C@H](CO)[C@@H](O)[C@H](O)[C@H]1O)[C@H](O)/C=C/CCCCCCCCC[C@H](C)CC. The van der Waals surface area contributed by atoms with Gasteiger partial charge in [0, 0.05) is 6.42 Å². The van der Waals surface area contributed by atoms with Gasteiger partial charge in [-0.15, -0.1) is 0 Å². The minimum absolute atomic E-state index is 0.178. The molecule has 1 fully saturated rings. The first kappa shape index (κ1) is 53.7. The van der Waals surface area contributed by atoms with Crippen molar-refractivity contribution in [3.8, 4) is 0 Å². The van der Waals surface area contributed by atoms with E-state index >= 15 is 0 Å². The van der Waals surface area contributed by atoms with Crippen LogP contribution in [-0.2, 0) is 14.3 Å². The topological polar surface area (TPSA) is 149 Å². The van der Waals surface area contributed by atoms with Crippen LogP contribution in [0.5, 0.6) is 0 Å². The Balaban J connectivity index is 2.30. The Bertz CT molecular complexity index is 961. The van der Waals surface area contributed by atoms with Gasteiger partial charge in [0.1, 0.15) is 24.4 Å². The number of unbranched alkanes of at least 4 members (excludes halogenated alkanes) is 24. The van der Waals surface area contributed by atoms with E-state index in [0.29, 0.717) is 6.42 Å². The smallest absolute Gasteiger partial charge is 0.220 e. The quantitative estimate of drug-likeness (QED) is 0.0266. The number of ether oxygens (including phenoxy) is 2. The van der Waals surface area contributed by atoms with Gasteiger partial charge in [-0.2, -0.15) is 0 Å². The minimum atomic E-state index is -1.56. The number of amides is 1. The minimum Gasteiger partial charge on any atom is -0.394 e. The standard InChI is InChI=1S/C48H91NO8/c1-4-6-7-8-9-10-11-12-13-14-15-16-17-18-19-20-21-25-28-31-34-37-44(52)49-41(39-56-48-47(55)46(54)45(53)43(38-50)57-48)42(51)36-33-30-27-24-22-23-26-29-32-35-40(3)5-2/h12-13,33,36,40-43,45-48,50-51,53-55H,4-11,14-32,34-35,37-39H2,1-3H3,(H,49,52)/b13-12-,36-33+/t40-,41+,42-,43-,45-,46+,47-,48-/m1/s1. The summed E-state index contributed by atoms with van der Waals surface area (Å²) in [7, 11) is 0. The van der Waals surface area contributed by atoms with Crippen molar-refractivity contribution in [1.82, 2.24) is 5.32 Å². The number of nitrogens with one attached hydrogen (secondary N) is 1. The number of allylic oxidation sites excluding steroid dienone is 3. The third kappa shape index (κ3) is 28.7. The molecule has 0 aliphatic carbocycles. The maximum Gasteiger partial charge on any atom is 0.220 e. The summed E-state index contributed by atoms with van der Waals surface area (Å²) in [5, 5.41) is 54.2. The van der Waals surface area contributed by atoms with E-state index < -0.39 is 49.5 Å². The molecule has 1 rings (SSSR count). The summed E-state index contributed by atoms with van der Waals surface area (Å²) in [6.45, 7) is 6.11. The molecule has 0 aromatic rings. The van der Waals surface area contributed by atoms with Gasteiger partial charge in [-0.1, -0.05) is 186 Å². The Morgan fingerprint density at radius 1 is 0.649 bits per heavy atom. The highest BCUT2D eigenvalue weighted by Crippen LogP contribution is 2.23. The molecule has 1 amide bonds. The zero-order valence-corrected chi connectivity index (χ0v) is 37.0. The van der Waals surface area contributed by atoms with E-state index in [-0.39, 0.29) is 12.5 Å². The van der Waals surface area contributed by atoms with Crippen LogP contribution in [0.3, 0.4) is 0 Å². The van der Waals surface area contributed by atoms with Crippen molar-refractivity contribution < 1.29 is 39.8 Å². The van der Waals surface area contributed by atoms with Crippen LogP contribution in [0.25, 0.3) is 0 Å². The molecule has 57 heavy (non-hydrogen) atoms. The zero-order valence-electron chi connectivity index (χ0n) is 37.0. The lowest BCUT2D eigenvalue weighted by Gasteiger charge is -2.40. The van der Waals surface area contributed by atoms with Crippen molar-refractivity contribution >= 4 is 5.91 Å². The number of aliphatic hydroxyl groups is 5. The zero-order chi connectivity index (χ0) is 41.8. The summed E-state index contributed by atoms with van der Waals surface area (Å²) >= 11 is 0. The molecule has 336 valence electrons. The van der Waals surface area contributed by atoms with Crippen LogP contribution in [0.15, 0.2) is 24.3 Å². The van der Waals surface area contributed by atoms with Gasteiger partial charge in [0.2, 0.25) is 5.91 Å². The molecule has 0 aromatic carbocycles. The summed E-state index contributed by atoms with van der Waals surface area (Å²) in [5.41, 5.74) is 0. The van der Waals surface area contributed by atoms with Crippen LogP contribution in [0.2, 0.25) is 0 Å². The van der Waals surface area contributed by atoms with E-state index in [2.05, 4.69) is 38.2 Å². The van der Waals surface area contributed by atoms with Gasteiger partial charge in [0.25, 0.3) is 0 Å². The fourth-order valence-corrected chi connectivity index (χ4v) is 7.54. The highest BCUT2D eigenvalue weighted by Gasteiger charge is 2.44. The predicted octanol–water partition coefficient (Wildman–Crippen LogP) is 10.1. The summed E-state index contributed by atoms with van der Waals surface area (Å²) in [5.74, 6) is 0.651. The van der Waals surface area contributed by atoms with E-state index in [0.717, 1.165) is 44.4 Å². The van der Waals surface area contributed by atoms with Gasteiger partial charge in [0.05, 0.1) is 25.4 Å². The van der Waals surface area contributed by atoms with Gasteiger partial charge in [0.15, 0.2) is 6.29 Å². The Morgan fingerprint density at radius 2 is 1.12 bits per heavy atom. The third-order valence-electron chi connectivity index (χ3n) is 11.8. The van der Waals surface area contributed by atoms with Crippen molar-refractivity contribution in [2.24, 2.45) is 5.92 Å². The van der Waals surface area contributed by atoms with Crippen LogP contribution in [0.4, 0.5) is 0 Å². The molecule has 0 bridgehead atoms. The Kier molecular flexibility index (Phi) is 35.5. The van der Waals surface area contributed by atoms with Crippen molar-refractivity contribution in [3.05, 3.63) is 24.3 Å². The Hall–Kier alpha value is -1.33. The second kappa shape index (κ2) is 37.7. The van der Waals surface area contributed by atoms with Crippen molar-refractivity contribution in [1.29, 1.82) is 0 Å². The molecule has 9 nitrogen and oxygen atoms in total. The van der Waals surface area contributed by atoms with E-state index in [1.54, 1.807) is 6.08 Å². The average Bonchev–Trinajstić information content (AvgIpc) is 3.21. The summed E-state index contributed by atoms with van der Waals surface area (Å²) in [4.78, 5) is 13.0. The number of carbonyl (C=O) groups is 1. The van der Waals surface area contributed by atoms with Crippen LogP contribution in [-0.4, -0.2) is 87.5 Å². The highest BCUT2D eigenvalue weighted by molar-refractivity contribution is 5.76. The Labute approximate surface area is 349 Å². The molecule has 1 aliphatic rings. The molecule has 1 heterocycles. The number of rotatable bonds is 39. The lowest BCUT2D eigenvalue weighted by molar-refractivity contribution is -0.302. The van der Waals surface area contributed by atoms with Gasteiger partial charge in [-0.05, 0) is 50.9 Å². The largest absolute Gasteiger partial charge is 0.394 e. The van der Waals surface area contributed by atoms with Gasteiger partial charge < -0.3 is 40.3 Å². The first-order valence-electron chi connectivity index (χ1n) is 24.0. The average molecular weight is 810 g/mol. The van der Waals surface area contributed by atoms with E-state index in [1.807, 2.05) is 6.08 Å². The van der Waals surface area contributed by atoms with Gasteiger partial charge in [-0.25, -0.2) is 0 Å². The Morgan fingerprint density at radius 3 is 1.63 bits per heavy atom.